The molecule has 1 aromatic heterocycles. The molecule has 1 unspecified atom stereocenters. The Morgan fingerprint density at radius 3 is 2.63 bits per heavy atom. The van der Waals surface area contributed by atoms with E-state index in [2.05, 4.69) is 29.7 Å². The quantitative estimate of drug-likeness (QED) is 0.668. The number of nitrogens with zero attached hydrogens (tertiary/aromatic N) is 2. The Kier molecular flexibility index (Phi) is 8.22. The third kappa shape index (κ3) is 5.57. The molecule has 0 aromatic carbocycles. The smallest absolute Gasteiger partial charge is 0.0948 e. The van der Waals surface area contributed by atoms with Gasteiger partial charge in [0.05, 0.1) is 6.33 Å². The molecule has 0 saturated heterocycles. The Labute approximate surface area is 122 Å². The van der Waals surface area contributed by atoms with Gasteiger partial charge in [-0.1, -0.05) is 26.7 Å². The molecule has 0 bridgehead atoms. The normalized spacial score (nSPS) is 13.1. The van der Waals surface area contributed by atoms with Gasteiger partial charge < -0.3 is 10.3 Å². The van der Waals surface area contributed by atoms with Crippen LogP contribution in [-0.4, -0.2) is 28.1 Å². The largest absolute Gasteiger partial charge is 0.334 e. The molecule has 0 aliphatic heterocycles. The van der Waals surface area contributed by atoms with E-state index in [9.17, 15) is 0 Å². The van der Waals surface area contributed by atoms with Crippen LogP contribution in [-0.2, 0) is 6.54 Å². The minimum Gasteiger partial charge on any atom is -0.334 e. The first-order valence-corrected chi connectivity index (χ1v) is 8.79. The van der Waals surface area contributed by atoms with Crippen molar-refractivity contribution in [1.82, 2.24) is 9.55 Å². The van der Waals surface area contributed by atoms with Gasteiger partial charge in [0.25, 0.3) is 0 Å². The van der Waals surface area contributed by atoms with E-state index in [1.54, 1.807) is 0 Å². The van der Waals surface area contributed by atoms with Gasteiger partial charge in [-0.05, 0) is 30.8 Å². The SMILES string of the molecule is CSCCCCCCn1cncc1C(CN)C(C)C. The summed E-state index contributed by atoms with van der Waals surface area (Å²) in [5, 5.41) is 0. The van der Waals surface area contributed by atoms with Gasteiger partial charge in [-0.15, -0.1) is 0 Å². The van der Waals surface area contributed by atoms with E-state index in [-0.39, 0.29) is 0 Å². The summed E-state index contributed by atoms with van der Waals surface area (Å²) >= 11 is 1.94. The van der Waals surface area contributed by atoms with Gasteiger partial charge in [0.15, 0.2) is 0 Å². The van der Waals surface area contributed by atoms with E-state index in [0.29, 0.717) is 18.4 Å². The van der Waals surface area contributed by atoms with Crippen LogP contribution >= 0.6 is 11.8 Å². The summed E-state index contributed by atoms with van der Waals surface area (Å²) in [5.74, 6) is 2.29. The summed E-state index contributed by atoms with van der Waals surface area (Å²) in [7, 11) is 0. The van der Waals surface area contributed by atoms with Crippen LogP contribution in [0.3, 0.4) is 0 Å². The van der Waals surface area contributed by atoms with Crippen LogP contribution in [0, 0.1) is 5.92 Å². The number of imidazole rings is 1. The molecule has 0 radical (unpaired) electrons. The van der Waals surface area contributed by atoms with Gasteiger partial charge in [-0.25, -0.2) is 4.98 Å². The maximum atomic E-state index is 5.90. The van der Waals surface area contributed by atoms with E-state index < -0.39 is 0 Å². The van der Waals surface area contributed by atoms with Crippen molar-refractivity contribution in [3.63, 3.8) is 0 Å². The van der Waals surface area contributed by atoms with Crippen molar-refractivity contribution in [3.05, 3.63) is 18.2 Å². The minimum absolute atomic E-state index is 0.430. The van der Waals surface area contributed by atoms with E-state index in [4.69, 9.17) is 5.73 Å². The third-order valence-corrected chi connectivity index (χ3v) is 4.38. The highest BCUT2D eigenvalue weighted by atomic mass is 32.2. The van der Waals surface area contributed by atoms with Crippen LogP contribution in [0.5, 0.6) is 0 Å². The Bertz CT molecular complexity index is 336. The maximum absolute atomic E-state index is 5.90. The van der Waals surface area contributed by atoms with Gasteiger partial charge in [0.1, 0.15) is 0 Å². The summed E-state index contributed by atoms with van der Waals surface area (Å²) in [6.45, 7) is 6.25. The lowest BCUT2D eigenvalue weighted by atomic mass is 9.93. The van der Waals surface area contributed by atoms with E-state index >= 15 is 0 Å². The molecule has 19 heavy (non-hydrogen) atoms. The highest BCUT2D eigenvalue weighted by molar-refractivity contribution is 7.98. The second-order valence-corrected chi connectivity index (χ2v) is 6.49. The molecule has 0 fully saturated rings. The molecule has 4 heteroatoms. The number of aromatic nitrogens is 2. The number of nitrogens with two attached hydrogens (primary N) is 1. The van der Waals surface area contributed by atoms with Crippen molar-refractivity contribution < 1.29 is 0 Å². The van der Waals surface area contributed by atoms with E-state index in [1.165, 1.54) is 37.1 Å². The molecule has 0 aliphatic rings. The van der Waals surface area contributed by atoms with Crippen LogP contribution < -0.4 is 5.73 Å². The standard InChI is InChI=1S/C15H29N3S/c1-13(2)14(10-16)15-11-17-12-18(15)8-6-4-5-7-9-19-3/h11-14H,4-10,16H2,1-3H3. The molecule has 1 atom stereocenters. The van der Waals surface area contributed by atoms with Gasteiger partial charge in [0.2, 0.25) is 0 Å². The summed E-state index contributed by atoms with van der Waals surface area (Å²) in [6, 6.07) is 0. The number of rotatable bonds is 10. The van der Waals surface area contributed by atoms with Crippen molar-refractivity contribution in [2.45, 2.75) is 52.0 Å². The number of hydrogen-bond donors (Lipinski definition) is 1. The molecule has 110 valence electrons. The van der Waals surface area contributed by atoms with Crippen LogP contribution in [0.1, 0.15) is 51.1 Å². The zero-order valence-corrected chi connectivity index (χ0v) is 13.5. The van der Waals surface area contributed by atoms with Crippen LogP contribution in [0.15, 0.2) is 12.5 Å². The highest BCUT2D eigenvalue weighted by Crippen LogP contribution is 2.23. The fraction of sp³-hybridized carbons (Fsp3) is 0.800. The second kappa shape index (κ2) is 9.43. The predicted octanol–water partition coefficient (Wildman–Crippen LogP) is 3.50. The molecule has 0 amide bonds. The molecule has 0 aliphatic carbocycles. The number of unbranched alkanes of at least 4 members (excludes halogenated alkanes) is 3. The van der Waals surface area contributed by atoms with Crippen molar-refractivity contribution >= 4 is 11.8 Å². The van der Waals surface area contributed by atoms with Gasteiger partial charge in [0, 0.05) is 30.9 Å². The van der Waals surface area contributed by atoms with Gasteiger partial charge in [-0.2, -0.15) is 11.8 Å². The van der Waals surface area contributed by atoms with Crippen molar-refractivity contribution in [2.75, 3.05) is 18.6 Å². The molecular formula is C15H29N3S. The maximum Gasteiger partial charge on any atom is 0.0948 e. The Hall–Kier alpha value is -0.480. The van der Waals surface area contributed by atoms with Crippen LogP contribution in [0.2, 0.25) is 0 Å². The summed E-state index contributed by atoms with van der Waals surface area (Å²) < 4.78 is 2.30. The average Bonchev–Trinajstić information content (AvgIpc) is 2.82. The zero-order chi connectivity index (χ0) is 14.1. The second-order valence-electron chi connectivity index (χ2n) is 5.51. The summed E-state index contributed by atoms with van der Waals surface area (Å²) in [6.07, 6.45) is 11.4. The fourth-order valence-electron chi connectivity index (χ4n) is 2.44. The first kappa shape index (κ1) is 16.6. The van der Waals surface area contributed by atoms with Crippen molar-refractivity contribution in [2.24, 2.45) is 11.7 Å². The van der Waals surface area contributed by atoms with Crippen molar-refractivity contribution in [1.29, 1.82) is 0 Å². The lowest BCUT2D eigenvalue weighted by molar-refractivity contribution is 0.464. The van der Waals surface area contributed by atoms with E-state index in [1.807, 2.05) is 24.3 Å². The first-order chi connectivity index (χ1) is 9.20. The summed E-state index contributed by atoms with van der Waals surface area (Å²) in [5.41, 5.74) is 7.21. The molecule has 3 nitrogen and oxygen atoms in total. The molecule has 2 N–H and O–H groups in total. The van der Waals surface area contributed by atoms with Gasteiger partial charge in [-0.3, -0.25) is 0 Å². The molecule has 1 heterocycles. The lowest BCUT2D eigenvalue weighted by Gasteiger charge is -2.20. The molecule has 0 spiro atoms. The number of hydrogen-bond acceptors (Lipinski definition) is 3. The average molecular weight is 283 g/mol. The zero-order valence-electron chi connectivity index (χ0n) is 12.6. The monoisotopic (exact) mass is 283 g/mol. The van der Waals surface area contributed by atoms with Crippen LogP contribution in [0.25, 0.3) is 0 Å². The Balaban J connectivity index is 2.40. The fourth-order valence-corrected chi connectivity index (χ4v) is 2.94. The first-order valence-electron chi connectivity index (χ1n) is 7.39. The topological polar surface area (TPSA) is 43.8 Å². The minimum atomic E-state index is 0.430. The highest BCUT2D eigenvalue weighted by Gasteiger charge is 2.17. The van der Waals surface area contributed by atoms with Crippen molar-refractivity contribution in [3.8, 4) is 0 Å². The van der Waals surface area contributed by atoms with Crippen LogP contribution in [0.4, 0.5) is 0 Å². The van der Waals surface area contributed by atoms with E-state index in [0.717, 1.165) is 6.54 Å². The number of aryl methyl sites for hydroxylation is 1. The third-order valence-electron chi connectivity index (χ3n) is 3.68. The molecule has 1 aromatic rings. The molecular weight excluding hydrogens is 254 g/mol. The van der Waals surface area contributed by atoms with Gasteiger partial charge >= 0.3 is 0 Å². The Morgan fingerprint density at radius 2 is 2.00 bits per heavy atom. The Morgan fingerprint density at radius 1 is 1.26 bits per heavy atom. The lowest BCUT2D eigenvalue weighted by Crippen LogP contribution is -2.21. The molecule has 1 rings (SSSR count). The predicted molar refractivity (Wildman–Crippen MR) is 85.7 cm³/mol. The summed E-state index contributed by atoms with van der Waals surface area (Å²) in [4.78, 5) is 4.31. The number of thioether (sulfide) groups is 1. The molecule has 0 saturated carbocycles.